The van der Waals surface area contributed by atoms with Crippen molar-refractivity contribution >= 4 is 24.2 Å². The summed E-state index contributed by atoms with van der Waals surface area (Å²) < 4.78 is 0. The van der Waals surface area contributed by atoms with Gasteiger partial charge in [0.25, 0.3) is 0 Å². The Morgan fingerprint density at radius 2 is 1.81 bits per heavy atom. The Hall–Kier alpha value is -1.33. The maximum absolute atomic E-state index is 9.09. The van der Waals surface area contributed by atoms with Crippen molar-refractivity contribution in [1.82, 2.24) is 4.90 Å². The minimum absolute atomic E-state index is 0.242. The molecule has 5 heteroatoms. The molecule has 0 saturated heterocycles. The fourth-order valence-electron chi connectivity index (χ4n) is 2.24. The first-order chi connectivity index (χ1) is 9.97. The van der Waals surface area contributed by atoms with E-state index in [9.17, 15) is 0 Å². The van der Waals surface area contributed by atoms with Crippen LogP contribution in [0.25, 0.3) is 0 Å². The summed E-state index contributed by atoms with van der Waals surface area (Å²) in [6, 6.07) is 15.4. The fraction of sp³-hybridized carbons (Fsp3) is 0.250. The first-order valence-electron chi connectivity index (χ1n) is 6.88. The predicted molar refractivity (Wildman–Crippen MR) is 87.6 cm³/mol. The SMILES string of the molecule is CC(c1cccc(Cl)c1)N(C)Cc1ccc(B(O)O)cc1. The summed E-state index contributed by atoms with van der Waals surface area (Å²) in [4.78, 5) is 2.22. The Labute approximate surface area is 130 Å². The van der Waals surface area contributed by atoms with Gasteiger partial charge in [0.15, 0.2) is 0 Å². The molecule has 2 rings (SSSR count). The summed E-state index contributed by atoms with van der Waals surface area (Å²) >= 11 is 6.03. The van der Waals surface area contributed by atoms with Gasteiger partial charge >= 0.3 is 7.12 Å². The van der Waals surface area contributed by atoms with Crippen LogP contribution in [0, 0.1) is 0 Å². The zero-order valence-electron chi connectivity index (χ0n) is 12.2. The molecule has 0 aliphatic carbocycles. The van der Waals surface area contributed by atoms with Gasteiger partial charge < -0.3 is 10.0 Å². The normalized spacial score (nSPS) is 12.5. The van der Waals surface area contributed by atoms with Gasteiger partial charge in [-0.3, -0.25) is 4.90 Å². The molecule has 0 aromatic heterocycles. The number of halogens is 1. The van der Waals surface area contributed by atoms with Crippen molar-refractivity contribution in [1.29, 1.82) is 0 Å². The van der Waals surface area contributed by atoms with Crippen LogP contribution in [0.1, 0.15) is 24.1 Å². The maximum atomic E-state index is 9.09. The summed E-state index contributed by atoms with van der Waals surface area (Å²) in [5, 5.41) is 18.9. The van der Waals surface area contributed by atoms with Crippen molar-refractivity contribution in [2.45, 2.75) is 19.5 Å². The largest absolute Gasteiger partial charge is 0.488 e. The van der Waals surface area contributed by atoms with Crippen molar-refractivity contribution in [3.8, 4) is 0 Å². The molecule has 0 aliphatic heterocycles. The molecule has 0 amide bonds. The highest BCUT2D eigenvalue weighted by Crippen LogP contribution is 2.23. The lowest BCUT2D eigenvalue weighted by atomic mass is 9.80. The minimum Gasteiger partial charge on any atom is -0.423 e. The lowest BCUT2D eigenvalue weighted by molar-refractivity contribution is 0.253. The van der Waals surface area contributed by atoms with E-state index in [-0.39, 0.29) is 6.04 Å². The number of nitrogens with zero attached hydrogens (tertiary/aromatic N) is 1. The first kappa shape index (κ1) is 16.1. The molecule has 1 unspecified atom stereocenters. The van der Waals surface area contributed by atoms with Crippen LogP contribution in [0.5, 0.6) is 0 Å². The summed E-state index contributed by atoms with van der Waals surface area (Å²) in [6.45, 7) is 2.91. The van der Waals surface area contributed by atoms with Crippen molar-refractivity contribution in [2.24, 2.45) is 0 Å². The molecule has 21 heavy (non-hydrogen) atoms. The van der Waals surface area contributed by atoms with Crippen LogP contribution in [0.4, 0.5) is 0 Å². The second kappa shape index (κ2) is 7.10. The molecular formula is C16H19BClNO2. The topological polar surface area (TPSA) is 43.7 Å². The predicted octanol–water partition coefficient (Wildman–Crippen LogP) is 2.21. The number of rotatable bonds is 5. The average molecular weight is 304 g/mol. The van der Waals surface area contributed by atoms with Gasteiger partial charge in [-0.2, -0.15) is 0 Å². The van der Waals surface area contributed by atoms with E-state index >= 15 is 0 Å². The molecule has 0 aliphatic rings. The third-order valence-electron chi connectivity index (χ3n) is 3.70. The molecule has 2 aromatic carbocycles. The first-order valence-corrected chi connectivity index (χ1v) is 7.26. The van der Waals surface area contributed by atoms with E-state index in [0.29, 0.717) is 5.46 Å². The van der Waals surface area contributed by atoms with E-state index in [1.807, 2.05) is 30.3 Å². The molecule has 110 valence electrons. The van der Waals surface area contributed by atoms with Crippen LogP contribution in [0.2, 0.25) is 5.02 Å². The minimum atomic E-state index is -1.41. The van der Waals surface area contributed by atoms with Crippen LogP contribution < -0.4 is 5.46 Å². The van der Waals surface area contributed by atoms with Gasteiger partial charge in [0, 0.05) is 17.6 Å². The van der Waals surface area contributed by atoms with Crippen LogP contribution in [-0.4, -0.2) is 29.1 Å². The molecule has 2 N–H and O–H groups in total. The third kappa shape index (κ3) is 4.32. The van der Waals surface area contributed by atoms with Gasteiger partial charge in [-0.25, -0.2) is 0 Å². The molecule has 0 heterocycles. The smallest absolute Gasteiger partial charge is 0.423 e. The van der Waals surface area contributed by atoms with Gasteiger partial charge in [0.1, 0.15) is 0 Å². The summed E-state index contributed by atoms with van der Waals surface area (Å²) in [6.07, 6.45) is 0. The third-order valence-corrected chi connectivity index (χ3v) is 3.94. The van der Waals surface area contributed by atoms with E-state index in [1.165, 1.54) is 5.56 Å². The van der Waals surface area contributed by atoms with Gasteiger partial charge in [-0.05, 0) is 42.7 Å². The van der Waals surface area contributed by atoms with Crippen LogP contribution in [0.15, 0.2) is 48.5 Å². The molecule has 2 aromatic rings. The Balaban J connectivity index is 2.05. The molecule has 0 radical (unpaired) electrons. The lowest BCUT2D eigenvalue weighted by Gasteiger charge is -2.25. The van der Waals surface area contributed by atoms with Crippen LogP contribution >= 0.6 is 11.6 Å². The monoisotopic (exact) mass is 303 g/mol. The second-order valence-corrected chi connectivity index (χ2v) is 5.70. The molecular weight excluding hydrogens is 284 g/mol. The van der Waals surface area contributed by atoms with Crippen molar-refractivity contribution in [3.63, 3.8) is 0 Å². The number of benzene rings is 2. The highest BCUT2D eigenvalue weighted by Gasteiger charge is 2.14. The van der Waals surface area contributed by atoms with Gasteiger partial charge in [-0.1, -0.05) is 48.0 Å². The highest BCUT2D eigenvalue weighted by atomic mass is 35.5. The van der Waals surface area contributed by atoms with Crippen molar-refractivity contribution < 1.29 is 10.0 Å². The lowest BCUT2D eigenvalue weighted by Crippen LogP contribution is -2.29. The summed E-state index contributed by atoms with van der Waals surface area (Å²) in [5.74, 6) is 0. The summed E-state index contributed by atoms with van der Waals surface area (Å²) in [7, 11) is 0.641. The maximum Gasteiger partial charge on any atom is 0.488 e. The number of hydrogen-bond donors (Lipinski definition) is 2. The van der Waals surface area contributed by atoms with E-state index < -0.39 is 7.12 Å². The molecule has 0 saturated carbocycles. The van der Waals surface area contributed by atoms with Gasteiger partial charge in [-0.15, -0.1) is 0 Å². The van der Waals surface area contributed by atoms with Crippen LogP contribution in [-0.2, 0) is 6.54 Å². The van der Waals surface area contributed by atoms with E-state index in [1.54, 1.807) is 12.1 Å². The van der Waals surface area contributed by atoms with Gasteiger partial charge in [0.2, 0.25) is 0 Å². The van der Waals surface area contributed by atoms with E-state index in [4.69, 9.17) is 21.6 Å². The van der Waals surface area contributed by atoms with Crippen molar-refractivity contribution in [2.75, 3.05) is 7.05 Å². The van der Waals surface area contributed by atoms with Crippen molar-refractivity contribution in [3.05, 3.63) is 64.7 Å². The standard InChI is InChI=1S/C16H19BClNO2/c1-12(14-4-3-5-16(18)10-14)19(2)11-13-6-8-15(9-7-13)17(20)21/h3-10,12,20-21H,11H2,1-2H3. The zero-order valence-corrected chi connectivity index (χ0v) is 13.0. The summed E-state index contributed by atoms with van der Waals surface area (Å²) in [5.41, 5.74) is 2.80. The van der Waals surface area contributed by atoms with E-state index in [0.717, 1.165) is 17.1 Å². The Morgan fingerprint density at radius 3 is 2.38 bits per heavy atom. The Bertz CT molecular complexity index is 589. The average Bonchev–Trinajstić information content (AvgIpc) is 2.47. The molecule has 1 atom stereocenters. The highest BCUT2D eigenvalue weighted by molar-refractivity contribution is 6.58. The van der Waals surface area contributed by atoms with Crippen LogP contribution in [0.3, 0.4) is 0 Å². The quantitative estimate of drug-likeness (QED) is 0.832. The zero-order chi connectivity index (χ0) is 15.4. The second-order valence-electron chi connectivity index (χ2n) is 5.26. The Kier molecular flexibility index (Phi) is 5.42. The fourth-order valence-corrected chi connectivity index (χ4v) is 2.44. The molecule has 0 bridgehead atoms. The Morgan fingerprint density at radius 1 is 1.14 bits per heavy atom. The molecule has 3 nitrogen and oxygen atoms in total. The molecule has 0 spiro atoms. The van der Waals surface area contributed by atoms with Gasteiger partial charge in [0.05, 0.1) is 0 Å². The molecule has 0 fully saturated rings. The number of hydrogen-bond acceptors (Lipinski definition) is 3. The van der Waals surface area contributed by atoms with E-state index in [2.05, 4.69) is 24.9 Å².